The second-order valence-electron chi connectivity index (χ2n) is 8.88. The summed E-state index contributed by atoms with van der Waals surface area (Å²) in [5, 5.41) is 0. The van der Waals surface area contributed by atoms with Gasteiger partial charge in [-0.15, -0.1) is 0 Å². The highest BCUT2D eigenvalue weighted by atomic mass is 16.5. The molecule has 0 bridgehead atoms. The summed E-state index contributed by atoms with van der Waals surface area (Å²) in [6.07, 6.45) is 2.61. The maximum atomic E-state index is 13.3. The summed E-state index contributed by atoms with van der Waals surface area (Å²) in [4.78, 5) is 29.4. The molecule has 0 spiro atoms. The van der Waals surface area contributed by atoms with Gasteiger partial charge in [0.15, 0.2) is 0 Å². The van der Waals surface area contributed by atoms with Crippen molar-refractivity contribution < 1.29 is 14.3 Å². The van der Waals surface area contributed by atoms with Gasteiger partial charge in [-0.05, 0) is 42.9 Å². The van der Waals surface area contributed by atoms with Gasteiger partial charge in [0.25, 0.3) is 0 Å². The Morgan fingerprint density at radius 3 is 2.23 bits per heavy atom. The van der Waals surface area contributed by atoms with Crippen LogP contribution in [0.25, 0.3) is 11.1 Å². The highest BCUT2D eigenvalue weighted by molar-refractivity contribution is 5.85. The third-order valence-electron chi connectivity index (χ3n) is 6.19. The van der Waals surface area contributed by atoms with Gasteiger partial charge in [0.2, 0.25) is 11.8 Å². The first-order valence-corrected chi connectivity index (χ1v) is 11.0. The Balaban J connectivity index is 1.81. The van der Waals surface area contributed by atoms with Crippen LogP contribution in [0.5, 0.6) is 0 Å². The Morgan fingerprint density at radius 1 is 1.03 bits per heavy atom. The van der Waals surface area contributed by atoms with E-state index in [0.29, 0.717) is 32.5 Å². The molecule has 0 radical (unpaired) electrons. The molecule has 0 N–H and O–H groups in total. The third-order valence-corrected chi connectivity index (χ3v) is 6.19. The van der Waals surface area contributed by atoms with Crippen LogP contribution >= 0.6 is 0 Å². The van der Waals surface area contributed by atoms with Crippen LogP contribution in [-0.2, 0) is 20.7 Å². The fourth-order valence-corrected chi connectivity index (χ4v) is 4.51. The number of carbonyl (C=O) groups excluding carboxylic acids is 2. The van der Waals surface area contributed by atoms with Crippen molar-refractivity contribution in [1.29, 1.82) is 0 Å². The molecule has 0 aromatic heterocycles. The molecule has 166 valence electrons. The van der Waals surface area contributed by atoms with Gasteiger partial charge in [-0.3, -0.25) is 9.59 Å². The maximum Gasteiger partial charge on any atom is 0.230 e. The van der Waals surface area contributed by atoms with Crippen molar-refractivity contribution in [2.45, 2.75) is 32.6 Å². The third kappa shape index (κ3) is 5.53. The number of nitrogens with zero attached hydrogens (tertiary/aromatic N) is 2. The second-order valence-corrected chi connectivity index (χ2v) is 8.88. The molecule has 2 aromatic rings. The molecule has 31 heavy (non-hydrogen) atoms. The van der Waals surface area contributed by atoms with Gasteiger partial charge in [0.1, 0.15) is 0 Å². The SMILES string of the molecule is COCCC(=O)N1CCC[C@@](Cc2ccc(-c3ccc(C)cc3)cc2)(C(=O)N(C)C)C1. The summed E-state index contributed by atoms with van der Waals surface area (Å²) in [7, 11) is 5.20. The molecule has 2 amide bonds. The minimum atomic E-state index is -0.587. The molecule has 5 heteroatoms. The first-order chi connectivity index (χ1) is 14.8. The van der Waals surface area contributed by atoms with E-state index in [4.69, 9.17) is 4.74 Å². The van der Waals surface area contributed by atoms with E-state index in [1.165, 1.54) is 11.1 Å². The fraction of sp³-hybridized carbons (Fsp3) is 0.462. The molecule has 0 aliphatic carbocycles. The number of amides is 2. The number of hydrogen-bond acceptors (Lipinski definition) is 3. The number of likely N-dealkylation sites (tertiary alicyclic amines) is 1. The lowest BCUT2D eigenvalue weighted by Gasteiger charge is -2.43. The summed E-state index contributed by atoms with van der Waals surface area (Å²) in [5.74, 6) is 0.159. The summed E-state index contributed by atoms with van der Waals surface area (Å²) >= 11 is 0. The smallest absolute Gasteiger partial charge is 0.230 e. The minimum Gasteiger partial charge on any atom is -0.384 e. The number of hydrogen-bond donors (Lipinski definition) is 0. The molecule has 1 atom stereocenters. The van der Waals surface area contributed by atoms with Crippen molar-refractivity contribution in [3.63, 3.8) is 0 Å². The average Bonchev–Trinajstić information content (AvgIpc) is 2.78. The summed E-state index contributed by atoms with van der Waals surface area (Å²) in [6.45, 7) is 3.66. The predicted octanol–water partition coefficient (Wildman–Crippen LogP) is 3.94. The van der Waals surface area contributed by atoms with Gasteiger partial charge >= 0.3 is 0 Å². The number of benzene rings is 2. The van der Waals surface area contributed by atoms with Crippen LogP contribution in [0.4, 0.5) is 0 Å². The molecular formula is C26H34N2O3. The van der Waals surface area contributed by atoms with Crippen LogP contribution in [0.3, 0.4) is 0 Å². The fourth-order valence-electron chi connectivity index (χ4n) is 4.51. The number of ether oxygens (including phenoxy) is 1. The van der Waals surface area contributed by atoms with E-state index in [1.54, 1.807) is 26.1 Å². The summed E-state index contributed by atoms with van der Waals surface area (Å²) in [6, 6.07) is 17.0. The largest absolute Gasteiger partial charge is 0.384 e. The van der Waals surface area contributed by atoms with Crippen LogP contribution in [0.2, 0.25) is 0 Å². The van der Waals surface area contributed by atoms with E-state index in [-0.39, 0.29) is 11.8 Å². The van der Waals surface area contributed by atoms with Crippen molar-refractivity contribution in [1.82, 2.24) is 9.80 Å². The topological polar surface area (TPSA) is 49.9 Å². The first kappa shape index (κ1) is 23.0. The zero-order valence-electron chi connectivity index (χ0n) is 19.2. The van der Waals surface area contributed by atoms with E-state index in [0.717, 1.165) is 24.0 Å². The summed E-state index contributed by atoms with van der Waals surface area (Å²) < 4.78 is 5.07. The van der Waals surface area contributed by atoms with Crippen LogP contribution in [0.1, 0.15) is 30.4 Å². The van der Waals surface area contributed by atoms with E-state index in [1.807, 2.05) is 4.90 Å². The van der Waals surface area contributed by atoms with E-state index < -0.39 is 5.41 Å². The average molecular weight is 423 g/mol. The van der Waals surface area contributed by atoms with Crippen molar-refractivity contribution in [2.24, 2.45) is 5.41 Å². The molecule has 1 aliphatic rings. The van der Waals surface area contributed by atoms with Crippen LogP contribution in [-0.4, -0.2) is 62.5 Å². The molecule has 1 saturated heterocycles. The lowest BCUT2D eigenvalue weighted by molar-refractivity contribution is -0.147. The molecule has 1 fully saturated rings. The number of aryl methyl sites for hydroxylation is 1. The van der Waals surface area contributed by atoms with Crippen LogP contribution < -0.4 is 0 Å². The number of carbonyl (C=O) groups is 2. The quantitative estimate of drug-likeness (QED) is 0.679. The van der Waals surface area contributed by atoms with Gasteiger partial charge in [-0.25, -0.2) is 0 Å². The number of piperidine rings is 1. The normalized spacial score (nSPS) is 18.6. The molecule has 0 saturated carbocycles. The standard InChI is InChI=1S/C26H34N2O3/c1-20-6-10-22(11-7-20)23-12-8-21(9-13-23)18-26(25(30)27(2)3)15-5-16-28(19-26)24(29)14-17-31-4/h6-13H,5,14-19H2,1-4H3/t26-/m0/s1. The zero-order valence-corrected chi connectivity index (χ0v) is 19.2. The number of rotatable bonds is 7. The monoisotopic (exact) mass is 422 g/mol. The van der Waals surface area contributed by atoms with Gasteiger partial charge < -0.3 is 14.5 Å². The van der Waals surface area contributed by atoms with Crippen molar-refractivity contribution >= 4 is 11.8 Å². The maximum absolute atomic E-state index is 13.3. The predicted molar refractivity (Wildman–Crippen MR) is 124 cm³/mol. The molecule has 3 rings (SSSR count). The van der Waals surface area contributed by atoms with E-state index >= 15 is 0 Å². The highest BCUT2D eigenvalue weighted by Crippen LogP contribution is 2.36. The van der Waals surface area contributed by atoms with Crippen molar-refractivity contribution in [3.8, 4) is 11.1 Å². The second kappa shape index (κ2) is 10.1. The highest BCUT2D eigenvalue weighted by Gasteiger charge is 2.44. The lowest BCUT2D eigenvalue weighted by Crippen LogP contribution is -2.54. The van der Waals surface area contributed by atoms with Crippen molar-refractivity contribution in [2.75, 3.05) is 40.9 Å². The lowest BCUT2D eigenvalue weighted by atomic mass is 9.73. The molecular weight excluding hydrogens is 388 g/mol. The van der Waals surface area contributed by atoms with Crippen LogP contribution in [0, 0.1) is 12.3 Å². The Hall–Kier alpha value is -2.66. The Kier molecular flexibility index (Phi) is 7.50. The first-order valence-electron chi connectivity index (χ1n) is 11.0. The van der Waals surface area contributed by atoms with Gasteiger partial charge in [-0.2, -0.15) is 0 Å². The molecule has 0 unspecified atom stereocenters. The van der Waals surface area contributed by atoms with Gasteiger partial charge in [0, 0.05) is 34.3 Å². The Labute approximate surface area is 186 Å². The molecule has 2 aromatic carbocycles. The van der Waals surface area contributed by atoms with Crippen LogP contribution in [0.15, 0.2) is 48.5 Å². The molecule has 1 heterocycles. The van der Waals surface area contributed by atoms with Gasteiger partial charge in [-0.1, -0.05) is 54.1 Å². The Morgan fingerprint density at radius 2 is 1.65 bits per heavy atom. The van der Waals surface area contributed by atoms with Gasteiger partial charge in [0.05, 0.1) is 18.4 Å². The molecule has 1 aliphatic heterocycles. The van der Waals surface area contributed by atoms with Crippen molar-refractivity contribution in [3.05, 3.63) is 59.7 Å². The summed E-state index contributed by atoms with van der Waals surface area (Å²) in [5.41, 5.74) is 4.12. The number of methoxy groups -OCH3 is 1. The minimum absolute atomic E-state index is 0.0622. The van der Waals surface area contributed by atoms with E-state index in [9.17, 15) is 9.59 Å². The molecule has 5 nitrogen and oxygen atoms in total. The van der Waals surface area contributed by atoms with E-state index in [2.05, 4.69) is 55.5 Å². The Bertz CT molecular complexity index is 890. The zero-order chi connectivity index (χ0) is 22.4.